The Labute approximate surface area is 101 Å². The highest BCUT2D eigenvalue weighted by Gasteiger charge is 2.12. The molecule has 4 heteroatoms. The lowest BCUT2D eigenvalue weighted by Crippen LogP contribution is -2.27. The topological polar surface area (TPSA) is 41.1 Å². The van der Waals surface area contributed by atoms with Crippen molar-refractivity contribution in [2.45, 2.75) is 26.2 Å². The quantitative estimate of drug-likeness (QED) is 0.605. The number of halogens is 1. The molecule has 0 aliphatic carbocycles. The first-order chi connectivity index (χ1) is 7.43. The molecule has 16 heavy (non-hydrogen) atoms. The lowest BCUT2D eigenvalue weighted by atomic mass is 9.87. The molecule has 1 aromatic rings. The Bertz CT molecular complexity index is 354. The smallest absolute Gasteiger partial charge is 0.320 e. The number of amides is 2. The SMILES string of the molecule is CC(C)(C)c1ccc(NC(=O)NCCl)cc1. The van der Waals surface area contributed by atoms with Crippen molar-refractivity contribution in [3.05, 3.63) is 29.8 Å². The number of rotatable bonds is 2. The zero-order chi connectivity index (χ0) is 12.2. The Morgan fingerprint density at radius 1 is 1.25 bits per heavy atom. The van der Waals surface area contributed by atoms with Crippen LogP contribution < -0.4 is 10.6 Å². The van der Waals surface area contributed by atoms with Gasteiger partial charge in [-0.05, 0) is 23.1 Å². The van der Waals surface area contributed by atoms with Crippen molar-refractivity contribution in [3.8, 4) is 0 Å². The average molecular weight is 241 g/mol. The normalized spacial score (nSPS) is 11.0. The first-order valence-electron chi connectivity index (χ1n) is 5.15. The number of alkyl halides is 1. The zero-order valence-corrected chi connectivity index (χ0v) is 10.6. The Morgan fingerprint density at radius 2 is 1.81 bits per heavy atom. The van der Waals surface area contributed by atoms with Gasteiger partial charge in [-0.1, -0.05) is 32.9 Å². The summed E-state index contributed by atoms with van der Waals surface area (Å²) in [5.74, 6) is 0. The molecule has 0 aromatic heterocycles. The molecular formula is C12H17ClN2O. The van der Waals surface area contributed by atoms with Crippen LogP contribution in [0.4, 0.5) is 10.5 Å². The second-order valence-electron chi connectivity index (χ2n) is 4.59. The second kappa shape index (κ2) is 5.21. The Morgan fingerprint density at radius 3 is 2.25 bits per heavy atom. The van der Waals surface area contributed by atoms with Crippen LogP contribution in [0.2, 0.25) is 0 Å². The number of carbonyl (C=O) groups excluding carboxylic acids is 1. The summed E-state index contributed by atoms with van der Waals surface area (Å²) in [6, 6.07) is 7.60. The lowest BCUT2D eigenvalue weighted by Gasteiger charge is -2.19. The highest BCUT2D eigenvalue weighted by Crippen LogP contribution is 2.23. The van der Waals surface area contributed by atoms with Crippen LogP contribution in [0, 0.1) is 0 Å². The summed E-state index contributed by atoms with van der Waals surface area (Å²) in [5, 5.41) is 5.14. The van der Waals surface area contributed by atoms with E-state index >= 15 is 0 Å². The highest BCUT2D eigenvalue weighted by molar-refractivity contribution is 6.18. The summed E-state index contributed by atoms with van der Waals surface area (Å²) in [4.78, 5) is 11.2. The molecule has 1 rings (SSSR count). The number of hydrogen-bond acceptors (Lipinski definition) is 1. The van der Waals surface area contributed by atoms with Gasteiger partial charge in [-0.3, -0.25) is 0 Å². The van der Waals surface area contributed by atoms with Gasteiger partial charge in [-0.25, -0.2) is 4.79 Å². The van der Waals surface area contributed by atoms with Gasteiger partial charge < -0.3 is 10.6 Å². The third kappa shape index (κ3) is 3.74. The van der Waals surface area contributed by atoms with E-state index in [1.54, 1.807) is 0 Å². The number of nitrogens with one attached hydrogen (secondary N) is 2. The predicted octanol–water partition coefficient (Wildman–Crippen LogP) is 3.30. The van der Waals surface area contributed by atoms with Gasteiger partial charge in [0.1, 0.15) is 0 Å². The molecule has 3 nitrogen and oxygen atoms in total. The van der Waals surface area contributed by atoms with E-state index in [1.807, 2.05) is 24.3 Å². The molecule has 2 amide bonds. The van der Waals surface area contributed by atoms with Gasteiger partial charge in [0.15, 0.2) is 0 Å². The van der Waals surface area contributed by atoms with Crippen molar-refractivity contribution < 1.29 is 4.79 Å². The van der Waals surface area contributed by atoms with Crippen LogP contribution in [0.3, 0.4) is 0 Å². The summed E-state index contributed by atoms with van der Waals surface area (Å²) >= 11 is 5.38. The molecule has 0 fully saturated rings. The van der Waals surface area contributed by atoms with E-state index in [0.29, 0.717) is 0 Å². The van der Waals surface area contributed by atoms with Gasteiger partial charge in [-0.15, -0.1) is 11.6 Å². The molecule has 0 atom stereocenters. The Balaban J connectivity index is 2.69. The van der Waals surface area contributed by atoms with Crippen LogP contribution >= 0.6 is 11.6 Å². The number of benzene rings is 1. The average Bonchev–Trinajstić information content (AvgIpc) is 2.17. The third-order valence-electron chi connectivity index (χ3n) is 2.24. The summed E-state index contributed by atoms with van der Waals surface area (Å²) in [6.07, 6.45) is 0. The van der Waals surface area contributed by atoms with Gasteiger partial charge in [-0.2, -0.15) is 0 Å². The molecule has 2 N–H and O–H groups in total. The van der Waals surface area contributed by atoms with Gasteiger partial charge in [0, 0.05) is 5.69 Å². The molecule has 0 aliphatic heterocycles. The van der Waals surface area contributed by atoms with Gasteiger partial charge in [0.05, 0.1) is 6.00 Å². The summed E-state index contributed by atoms with van der Waals surface area (Å²) in [7, 11) is 0. The second-order valence-corrected chi connectivity index (χ2v) is 4.86. The highest BCUT2D eigenvalue weighted by atomic mass is 35.5. The molecule has 1 aromatic carbocycles. The van der Waals surface area contributed by atoms with E-state index in [0.717, 1.165) is 5.69 Å². The molecule has 0 saturated heterocycles. The summed E-state index contributed by atoms with van der Waals surface area (Å²) in [6.45, 7) is 6.45. The fraction of sp³-hybridized carbons (Fsp3) is 0.417. The molecule has 0 unspecified atom stereocenters. The van der Waals surface area contributed by atoms with E-state index < -0.39 is 0 Å². The van der Waals surface area contributed by atoms with E-state index in [2.05, 4.69) is 31.4 Å². The monoisotopic (exact) mass is 240 g/mol. The van der Waals surface area contributed by atoms with Gasteiger partial charge >= 0.3 is 6.03 Å². The van der Waals surface area contributed by atoms with Crippen LogP contribution in [-0.2, 0) is 5.41 Å². The number of carbonyl (C=O) groups is 1. The minimum Gasteiger partial charge on any atom is -0.324 e. The lowest BCUT2D eigenvalue weighted by molar-refractivity contribution is 0.253. The molecule has 0 saturated carbocycles. The minimum atomic E-state index is -0.293. The van der Waals surface area contributed by atoms with E-state index in [1.165, 1.54) is 5.56 Å². The fourth-order valence-electron chi connectivity index (χ4n) is 1.29. The van der Waals surface area contributed by atoms with Crippen LogP contribution in [0.25, 0.3) is 0 Å². The van der Waals surface area contributed by atoms with Gasteiger partial charge in [0.25, 0.3) is 0 Å². The van der Waals surface area contributed by atoms with Crippen molar-refractivity contribution in [3.63, 3.8) is 0 Å². The van der Waals surface area contributed by atoms with Crippen molar-refractivity contribution in [1.29, 1.82) is 0 Å². The maximum atomic E-state index is 11.2. The maximum Gasteiger partial charge on any atom is 0.320 e. The molecule has 0 spiro atoms. The van der Waals surface area contributed by atoms with E-state index in [4.69, 9.17) is 11.6 Å². The van der Waals surface area contributed by atoms with Crippen molar-refractivity contribution in [2.24, 2.45) is 0 Å². The van der Waals surface area contributed by atoms with Crippen molar-refractivity contribution in [1.82, 2.24) is 5.32 Å². The first-order valence-corrected chi connectivity index (χ1v) is 5.68. The number of hydrogen-bond donors (Lipinski definition) is 2. The standard InChI is InChI=1S/C12H17ClN2O/c1-12(2,3)9-4-6-10(7-5-9)15-11(16)14-8-13/h4-7H,8H2,1-3H3,(H2,14,15,16). The number of urea groups is 1. The molecule has 0 aliphatic rings. The van der Waals surface area contributed by atoms with E-state index in [9.17, 15) is 4.79 Å². The zero-order valence-electron chi connectivity index (χ0n) is 9.80. The molecule has 0 bridgehead atoms. The first kappa shape index (κ1) is 12.8. The third-order valence-corrected chi connectivity index (χ3v) is 2.37. The van der Waals surface area contributed by atoms with Crippen LogP contribution in [-0.4, -0.2) is 12.0 Å². The van der Waals surface area contributed by atoms with Crippen LogP contribution in [0.15, 0.2) is 24.3 Å². The molecule has 88 valence electrons. The van der Waals surface area contributed by atoms with E-state index in [-0.39, 0.29) is 17.5 Å². The molecular weight excluding hydrogens is 224 g/mol. The van der Waals surface area contributed by atoms with Crippen molar-refractivity contribution in [2.75, 3.05) is 11.3 Å². The molecule has 0 heterocycles. The number of anilines is 1. The summed E-state index contributed by atoms with van der Waals surface area (Å²) in [5.41, 5.74) is 2.11. The van der Waals surface area contributed by atoms with Crippen LogP contribution in [0.5, 0.6) is 0 Å². The van der Waals surface area contributed by atoms with Gasteiger partial charge in [0.2, 0.25) is 0 Å². The van der Waals surface area contributed by atoms with Crippen molar-refractivity contribution >= 4 is 23.3 Å². The molecule has 0 radical (unpaired) electrons. The fourth-order valence-corrected chi connectivity index (χ4v) is 1.41. The van der Waals surface area contributed by atoms with Crippen LogP contribution in [0.1, 0.15) is 26.3 Å². The Hall–Kier alpha value is -1.22. The predicted molar refractivity (Wildman–Crippen MR) is 68.0 cm³/mol. The minimum absolute atomic E-state index is 0.103. The Kier molecular flexibility index (Phi) is 4.19. The largest absolute Gasteiger partial charge is 0.324 e. The maximum absolute atomic E-state index is 11.2. The summed E-state index contributed by atoms with van der Waals surface area (Å²) < 4.78 is 0.